The Morgan fingerprint density at radius 2 is 2.05 bits per heavy atom. The second-order valence-electron chi connectivity index (χ2n) is 4.22. The molecule has 1 heterocycles. The number of carbonyl (C=O) groups excluding carboxylic acids is 1. The monoisotopic (exact) mass is 285 g/mol. The van der Waals surface area contributed by atoms with Gasteiger partial charge in [0.05, 0.1) is 11.1 Å². The fraction of sp³-hybridized carbons (Fsp3) is 0.133. The zero-order chi connectivity index (χ0) is 14.4. The first kappa shape index (κ1) is 14.0. The largest absolute Gasteiger partial charge is 0.310 e. The van der Waals surface area contributed by atoms with Crippen LogP contribution in [0.3, 0.4) is 0 Å². The van der Waals surface area contributed by atoms with Crippen molar-refractivity contribution in [2.24, 2.45) is 5.92 Å². The Kier molecular flexibility index (Phi) is 4.70. The minimum Gasteiger partial charge on any atom is -0.310 e. The van der Waals surface area contributed by atoms with Crippen molar-refractivity contribution >= 4 is 23.3 Å². The molecule has 1 atom stereocenters. The van der Waals surface area contributed by atoms with E-state index in [1.54, 1.807) is 12.1 Å². The maximum atomic E-state index is 12.0. The van der Waals surface area contributed by atoms with Crippen LogP contribution in [0.1, 0.15) is 5.56 Å². The van der Waals surface area contributed by atoms with E-state index in [0.29, 0.717) is 17.3 Å². The molecular weight excluding hydrogens is 274 g/mol. The summed E-state index contributed by atoms with van der Waals surface area (Å²) in [5.74, 6) is -0.742. The lowest BCUT2D eigenvalue weighted by Crippen LogP contribution is -2.23. The van der Waals surface area contributed by atoms with Gasteiger partial charge in [0.25, 0.3) is 0 Å². The minimum atomic E-state index is -0.755. The Bertz CT molecular complexity index is 620. The fourth-order valence-corrected chi connectivity index (χ4v) is 1.82. The molecule has 1 amide bonds. The van der Waals surface area contributed by atoms with E-state index < -0.39 is 5.92 Å². The standard InChI is InChI=1S/C15H12ClN3O/c16-13-6-7-14(18-10-13)19-15(20)12(9-17)8-11-4-2-1-3-5-11/h1-7,10,12H,8H2,(H,18,19,20). The lowest BCUT2D eigenvalue weighted by molar-refractivity contribution is -0.118. The number of nitrogens with one attached hydrogen (secondary N) is 1. The van der Waals surface area contributed by atoms with Gasteiger partial charge in [0.2, 0.25) is 5.91 Å². The van der Waals surface area contributed by atoms with Gasteiger partial charge in [0.15, 0.2) is 0 Å². The molecule has 0 saturated heterocycles. The molecule has 0 aliphatic heterocycles. The number of amides is 1. The van der Waals surface area contributed by atoms with E-state index >= 15 is 0 Å². The summed E-state index contributed by atoms with van der Waals surface area (Å²) in [6.07, 6.45) is 1.81. The average molecular weight is 286 g/mol. The fourth-order valence-electron chi connectivity index (χ4n) is 1.71. The maximum absolute atomic E-state index is 12.0. The maximum Gasteiger partial charge on any atom is 0.243 e. The second-order valence-corrected chi connectivity index (χ2v) is 4.66. The molecule has 0 radical (unpaired) electrons. The van der Waals surface area contributed by atoms with E-state index in [1.807, 2.05) is 36.4 Å². The zero-order valence-electron chi connectivity index (χ0n) is 10.6. The molecule has 2 rings (SSSR count). The number of benzene rings is 1. The zero-order valence-corrected chi connectivity index (χ0v) is 11.3. The van der Waals surface area contributed by atoms with Crippen LogP contribution in [0.15, 0.2) is 48.7 Å². The van der Waals surface area contributed by atoms with Crippen LogP contribution in [-0.4, -0.2) is 10.9 Å². The molecule has 5 heteroatoms. The van der Waals surface area contributed by atoms with E-state index in [9.17, 15) is 4.79 Å². The van der Waals surface area contributed by atoms with Crippen molar-refractivity contribution in [2.75, 3.05) is 5.32 Å². The summed E-state index contributed by atoms with van der Waals surface area (Å²) >= 11 is 5.72. The molecule has 0 spiro atoms. The third-order valence-corrected chi connectivity index (χ3v) is 2.96. The lowest BCUT2D eigenvalue weighted by Gasteiger charge is -2.09. The van der Waals surface area contributed by atoms with Crippen molar-refractivity contribution < 1.29 is 4.79 Å². The van der Waals surface area contributed by atoms with Crippen molar-refractivity contribution in [1.29, 1.82) is 5.26 Å². The topological polar surface area (TPSA) is 65.8 Å². The van der Waals surface area contributed by atoms with Crippen molar-refractivity contribution in [3.8, 4) is 6.07 Å². The highest BCUT2D eigenvalue weighted by Crippen LogP contribution is 2.13. The summed E-state index contributed by atoms with van der Waals surface area (Å²) in [7, 11) is 0. The smallest absolute Gasteiger partial charge is 0.243 e. The molecule has 0 aliphatic rings. The molecule has 2 aromatic rings. The molecule has 1 aromatic carbocycles. The van der Waals surface area contributed by atoms with Gasteiger partial charge in [0.1, 0.15) is 11.7 Å². The first-order valence-electron chi connectivity index (χ1n) is 6.05. The van der Waals surface area contributed by atoms with Gasteiger partial charge in [0, 0.05) is 6.20 Å². The number of carbonyl (C=O) groups is 1. The van der Waals surface area contributed by atoms with Gasteiger partial charge in [-0.2, -0.15) is 5.26 Å². The first-order chi connectivity index (χ1) is 9.69. The van der Waals surface area contributed by atoms with Gasteiger partial charge in [-0.25, -0.2) is 4.98 Å². The molecule has 0 bridgehead atoms. The van der Waals surface area contributed by atoms with E-state index in [0.717, 1.165) is 5.56 Å². The summed E-state index contributed by atoms with van der Waals surface area (Å²) < 4.78 is 0. The summed E-state index contributed by atoms with van der Waals surface area (Å²) in [4.78, 5) is 16.0. The van der Waals surface area contributed by atoms with Crippen molar-refractivity contribution in [2.45, 2.75) is 6.42 Å². The molecule has 4 nitrogen and oxygen atoms in total. The molecular formula is C15H12ClN3O. The summed E-state index contributed by atoms with van der Waals surface area (Å²) in [5, 5.41) is 12.2. The molecule has 100 valence electrons. The number of halogens is 1. The van der Waals surface area contributed by atoms with Crippen LogP contribution >= 0.6 is 11.6 Å². The summed E-state index contributed by atoms with van der Waals surface area (Å²) in [6.45, 7) is 0. The first-order valence-corrected chi connectivity index (χ1v) is 6.43. The van der Waals surface area contributed by atoms with Crippen LogP contribution in [0.4, 0.5) is 5.82 Å². The molecule has 0 saturated carbocycles. The van der Waals surface area contributed by atoms with Crippen LogP contribution in [-0.2, 0) is 11.2 Å². The third-order valence-electron chi connectivity index (χ3n) is 2.73. The highest BCUT2D eigenvalue weighted by atomic mass is 35.5. The number of pyridine rings is 1. The van der Waals surface area contributed by atoms with Crippen LogP contribution in [0.25, 0.3) is 0 Å². The van der Waals surface area contributed by atoms with Crippen molar-refractivity contribution in [3.05, 3.63) is 59.2 Å². The Morgan fingerprint density at radius 1 is 1.30 bits per heavy atom. The highest BCUT2D eigenvalue weighted by Gasteiger charge is 2.18. The number of anilines is 1. The van der Waals surface area contributed by atoms with Gasteiger partial charge >= 0.3 is 0 Å². The second kappa shape index (κ2) is 6.69. The Hall–Kier alpha value is -2.38. The number of rotatable bonds is 4. The van der Waals surface area contributed by atoms with Crippen molar-refractivity contribution in [3.63, 3.8) is 0 Å². The SMILES string of the molecule is N#CC(Cc1ccccc1)C(=O)Nc1ccc(Cl)cn1. The number of nitrogens with zero attached hydrogens (tertiary/aromatic N) is 2. The van der Waals surface area contributed by atoms with Crippen LogP contribution in [0, 0.1) is 17.2 Å². The Morgan fingerprint density at radius 3 is 2.65 bits per heavy atom. The normalized spacial score (nSPS) is 11.4. The molecule has 1 unspecified atom stereocenters. The molecule has 20 heavy (non-hydrogen) atoms. The number of aromatic nitrogens is 1. The van der Waals surface area contributed by atoms with Crippen LogP contribution in [0.5, 0.6) is 0 Å². The molecule has 0 aliphatic carbocycles. The number of hydrogen-bond donors (Lipinski definition) is 1. The Labute approximate surface area is 122 Å². The van der Waals surface area contributed by atoms with Gasteiger partial charge in [-0.3, -0.25) is 4.79 Å². The van der Waals surface area contributed by atoms with Gasteiger partial charge in [-0.05, 0) is 24.1 Å². The summed E-state index contributed by atoms with van der Waals surface area (Å²) in [5.41, 5.74) is 0.943. The molecule has 0 fully saturated rings. The van der Waals surface area contributed by atoms with Gasteiger partial charge in [-0.15, -0.1) is 0 Å². The Balaban J connectivity index is 2.03. The predicted molar refractivity (Wildman–Crippen MR) is 77.1 cm³/mol. The predicted octanol–water partition coefficient (Wildman–Crippen LogP) is 3.06. The van der Waals surface area contributed by atoms with E-state index in [4.69, 9.17) is 16.9 Å². The molecule has 1 N–H and O–H groups in total. The summed E-state index contributed by atoms with van der Waals surface area (Å²) in [6, 6.07) is 14.7. The quantitative estimate of drug-likeness (QED) is 0.939. The van der Waals surface area contributed by atoms with Crippen LogP contribution < -0.4 is 5.32 Å². The van der Waals surface area contributed by atoms with Gasteiger partial charge in [-0.1, -0.05) is 41.9 Å². The number of nitriles is 1. The van der Waals surface area contributed by atoms with Gasteiger partial charge < -0.3 is 5.32 Å². The lowest BCUT2D eigenvalue weighted by atomic mass is 10.00. The highest BCUT2D eigenvalue weighted by molar-refractivity contribution is 6.30. The van der Waals surface area contributed by atoms with Crippen LogP contribution in [0.2, 0.25) is 5.02 Å². The van der Waals surface area contributed by atoms with E-state index in [2.05, 4.69) is 10.3 Å². The van der Waals surface area contributed by atoms with E-state index in [-0.39, 0.29) is 5.91 Å². The van der Waals surface area contributed by atoms with Crippen molar-refractivity contribution in [1.82, 2.24) is 4.98 Å². The number of hydrogen-bond acceptors (Lipinski definition) is 3. The average Bonchev–Trinajstić information content (AvgIpc) is 2.48. The third kappa shape index (κ3) is 3.81. The minimum absolute atomic E-state index is 0.369. The molecule has 1 aromatic heterocycles. The van der Waals surface area contributed by atoms with E-state index in [1.165, 1.54) is 6.20 Å².